The lowest BCUT2D eigenvalue weighted by Gasteiger charge is -2.03. The van der Waals surface area contributed by atoms with Crippen LogP contribution in [-0.2, 0) is 0 Å². The van der Waals surface area contributed by atoms with Crippen LogP contribution in [0.4, 0.5) is 0 Å². The minimum atomic E-state index is -0.341. The van der Waals surface area contributed by atoms with Crippen LogP contribution in [0, 0.1) is 13.0 Å². The van der Waals surface area contributed by atoms with Crippen LogP contribution in [-0.4, -0.2) is 5.97 Å². The monoisotopic (exact) mass is 211 g/mol. The molecule has 0 unspecified atom stereocenters. The first kappa shape index (κ1) is 10.4. The Morgan fingerprint density at radius 1 is 1.06 bits per heavy atom. The first-order chi connectivity index (χ1) is 7.75. The minimum absolute atomic E-state index is 0.341. The summed E-state index contributed by atoms with van der Waals surface area (Å²) in [5, 5.41) is 0. The molecule has 0 heterocycles. The van der Waals surface area contributed by atoms with Gasteiger partial charge in [0.05, 0.1) is 5.56 Å². The molecule has 0 fully saturated rings. The molecule has 0 aliphatic heterocycles. The van der Waals surface area contributed by atoms with Gasteiger partial charge in [0.15, 0.2) is 0 Å². The lowest BCUT2D eigenvalue weighted by Crippen LogP contribution is -2.08. The van der Waals surface area contributed by atoms with Crippen molar-refractivity contribution in [2.75, 3.05) is 0 Å². The summed E-state index contributed by atoms with van der Waals surface area (Å²) in [5.74, 6) is 0.190. The predicted octanol–water partition coefficient (Wildman–Crippen LogP) is 3.01. The zero-order valence-electron chi connectivity index (χ0n) is 8.94. The molecule has 79 valence electrons. The molecule has 0 saturated heterocycles. The van der Waals surface area contributed by atoms with Crippen LogP contribution < -0.4 is 4.74 Å². The van der Waals surface area contributed by atoms with Crippen LogP contribution >= 0.6 is 0 Å². The van der Waals surface area contributed by atoms with Gasteiger partial charge in [-0.2, -0.15) is 0 Å². The van der Waals surface area contributed by atoms with Crippen molar-refractivity contribution in [3.63, 3.8) is 0 Å². The van der Waals surface area contributed by atoms with E-state index in [9.17, 15) is 4.79 Å². The molecule has 0 N–H and O–H groups in total. The summed E-state index contributed by atoms with van der Waals surface area (Å²) in [4.78, 5) is 11.7. The van der Waals surface area contributed by atoms with Crippen LogP contribution in [0.25, 0.3) is 0 Å². The number of hydrogen-bond acceptors (Lipinski definition) is 2. The fourth-order valence-electron chi connectivity index (χ4n) is 1.30. The summed E-state index contributed by atoms with van der Waals surface area (Å²) < 4.78 is 5.18. The second kappa shape index (κ2) is 4.62. The summed E-state index contributed by atoms with van der Waals surface area (Å²) in [6.07, 6.45) is 0. The van der Waals surface area contributed by atoms with E-state index in [1.807, 2.05) is 19.1 Å². The first-order valence-corrected chi connectivity index (χ1v) is 5.01. The Kier molecular flexibility index (Phi) is 3.01. The molecule has 0 bridgehead atoms. The molecule has 0 aliphatic rings. The van der Waals surface area contributed by atoms with Gasteiger partial charge in [-0.05, 0) is 37.3 Å². The maximum absolute atomic E-state index is 11.7. The molecule has 0 saturated carbocycles. The van der Waals surface area contributed by atoms with E-state index >= 15 is 0 Å². The number of ether oxygens (including phenoxy) is 1. The van der Waals surface area contributed by atoms with Gasteiger partial charge in [0.25, 0.3) is 0 Å². The molecule has 16 heavy (non-hydrogen) atoms. The topological polar surface area (TPSA) is 26.3 Å². The van der Waals surface area contributed by atoms with Crippen LogP contribution in [0.1, 0.15) is 15.9 Å². The van der Waals surface area contributed by atoms with Crippen LogP contribution in [0.2, 0.25) is 0 Å². The van der Waals surface area contributed by atoms with E-state index in [2.05, 4.69) is 6.07 Å². The highest BCUT2D eigenvalue weighted by molar-refractivity contribution is 5.91. The molecule has 0 amide bonds. The van der Waals surface area contributed by atoms with Gasteiger partial charge in [-0.1, -0.05) is 29.8 Å². The molecular weight excluding hydrogens is 200 g/mol. The first-order valence-electron chi connectivity index (χ1n) is 5.01. The fraction of sp³-hybridized carbons (Fsp3) is 0.0714. The molecule has 0 aliphatic carbocycles. The molecular formula is C14H11O2. The van der Waals surface area contributed by atoms with Gasteiger partial charge in [-0.15, -0.1) is 0 Å². The van der Waals surface area contributed by atoms with Gasteiger partial charge in [0, 0.05) is 0 Å². The standard InChI is InChI=1S/C14H11O2/c1-11-7-9-12(10-8-11)14(15)16-13-5-3-2-4-6-13/h3-10H,1H3. The molecule has 2 heteroatoms. The highest BCUT2D eigenvalue weighted by atomic mass is 16.5. The second-order valence-corrected chi connectivity index (χ2v) is 3.49. The Labute approximate surface area is 94.5 Å². The van der Waals surface area contributed by atoms with E-state index in [0.717, 1.165) is 5.56 Å². The summed E-state index contributed by atoms with van der Waals surface area (Å²) in [6.45, 7) is 1.97. The number of rotatable bonds is 2. The third-order valence-corrected chi connectivity index (χ3v) is 2.19. The number of hydrogen-bond donors (Lipinski definition) is 0. The number of esters is 1. The quantitative estimate of drug-likeness (QED) is 0.563. The Morgan fingerprint density at radius 3 is 2.31 bits per heavy atom. The fourth-order valence-corrected chi connectivity index (χ4v) is 1.30. The minimum Gasteiger partial charge on any atom is -0.423 e. The molecule has 2 rings (SSSR count). The van der Waals surface area contributed by atoms with Crippen molar-refractivity contribution in [1.29, 1.82) is 0 Å². The number of carbonyl (C=O) groups is 1. The summed E-state index contributed by atoms with van der Waals surface area (Å²) >= 11 is 0. The van der Waals surface area contributed by atoms with Gasteiger partial charge < -0.3 is 4.74 Å². The van der Waals surface area contributed by atoms with Gasteiger partial charge in [0.1, 0.15) is 5.75 Å². The average Bonchev–Trinajstić information content (AvgIpc) is 2.31. The van der Waals surface area contributed by atoms with E-state index in [-0.39, 0.29) is 5.97 Å². The highest BCUT2D eigenvalue weighted by Crippen LogP contribution is 2.11. The Hall–Kier alpha value is -2.09. The molecule has 2 aromatic rings. The second-order valence-electron chi connectivity index (χ2n) is 3.49. The van der Waals surface area contributed by atoms with Gasteiger partial charge >= 0.3 is 5.97 Å². The smallest absolute Gasteiger partial charge is 0.343 e. The Balaban J connectivity index is 2.12. The number of benzene rings is 2. The summed E-state index contributed by atoms with van der Waals surface area (Å²) in [6, 6.07) is 17.0. The SMILES string of the molecule is Cc1ccc(C(=O)Oc2cc[c]cc2)cc1. The molecule has 1 radical (unpaired) electrons. The molecule has 2 aromatic carbocycles. The molecule has 2 nitrogen and oxygen atoms in total. The predicted molar refractivity (Wildman–Crippen MR) is 61.4 cm³/mol. The van der Waals surface area contributed by atoms with Crippen molar-refractivity contribution >= 4 is 5.97 Å². The normalized spacial score (nSPS) is 9.81. The Morgan fingerprint density at radius 2 is 1.69 bits per heavy atom. The average molecular weight is 211 g/mol. The Bertz CT molecular complexity index is 472. The van der Waals surface area contributed by atoms with E-state index in [1.54, 1.807) is 36.4 Å². The van der Waals surface area contributed by atoms with Crippen molar-refractivity contribution in [2.45, 2.75) is 6.92 Å². The lowest BCUT2D eigenvalue weighted by atomic mass is 10.1. The molecule has 0 aromatic heterocycles. The van der Waals surface area contributed by atoms with Crippen molar-refractivity contribution in [3.05, 3.63) is 65.7 Å². The van der Waals surface area contributed by atoms with Gasteiger partial charge in [0.2, 0.25) is 0 Å². The van der Waals surface area contributed by atoms with E-state index in [4.69, 9.17) is 4.74 Å². The largest absolute Gasteiger partial charge is 0.423 e. The third-order valence-electron chi connectivity index (χ3n) is 2.19. The van der Waals surface area contributed by atoms with Crippen molar-refractivity contribution < 1.29 is 9.53 Å². The zero-order chi connectivity index (χ0) is 11.4. The summed E-state index contributed by atoms with van der Waals surface area (Å²) in [7, 11) is 0. The van der Waals surface area contributed by atoms with Crippen LogP contribution in [0.3, 0.4) is 0 Å². The van der Waals surface area contributed by atoms with Crippen LogP contribution in [0.15, 0.2) is 48.5 Å². The van der Waals surface area contributed by atoms with E-state index in [1.165, 1.54) is 0 Å². The highest BCUT2D eigenvalue weighted by Gasteiger charge is 2.07. The molecule has 0 spiro atoms. The van der Waals surface area contributed by atoms with Crippen LogP contribution in [0.5, 0.6) is 5.75 Å². The van der Waals surface area contributed by atoms with E-state index in [0.29, 0.717) is 11.3 Å². The van der Waals surface area contributed by atoms with Crippen molar-refractivity contribution in [1.82, 2.24) is 0 Å². The maximum Gasteiger partial charge on any atom is 0.343 e. The maximum atomic E-state index is 11.7. The van der Waals surface area contributed by atoms with Crippen molar-refractivity contribution in [2.24, 2.45) is 0 Å². The molecule has 0 atom stereocenters. The number of aryl methyl sites for hydroxylation is 1. The van der Waals surface area contributed by atoms with E-state index < -0.39 is 0 Å². The third kappa shape index (κ3) is 2.48. The van der Waals surface area contributed by atoms with Gasteiger partial charge in [-0.25, -0.2) is 4.79 Å². The lowest BCUT2D eigenvalue weighted by molar-refractivity contribution is 0.0735. The number of carbonyl (C=O) groups excluding carboxylic acids is 1. The van der Waals surface area contributed by atoms with Crippen molar-refractivity contribution in [3.8, 4) is 5.75 Å². The summed E-state index contributed by atoms with van der Waals surface area (Å²) in [5.41, 5.74) is 1.67. The zero-order valence-corrected chi connectivity index (χ0v) is 8.94. The van der Waals surface area contributed by atoms with Gasteiger partial charge in [-0.3, -0.25) is 0 Å².